The van der Waals surface area contributed by atoms with E-state index in [9.17, 15) is 4.79 Å². The molecule has 0 aliphatic rings. The maximum Gasteiger partial charge on any atom is 0.414 e. The van der Waals surface area contributed by atoms with Gasteiger partial charge in [0.1, 0.15) is 0 Å². The standard InChI is InChI=1S/C21H30N4O2/c1-6-7-9-14-18(17-12-10-8-11-13-17)24-20-22-15(2)19(16(3)23-20)27-21(26)25(4)5/h8,10-13,18H,6-7,9,14H2,1-5H3,(H,22,23,24). The third kappa shape index (κ3) is 5.94. The number of nitrogens with zero attached hydrogens (tertiary/aromatic N) is 3. The van der Waals surface area contributed by atoms with E-state index < -0.39 is 6.09 Å². The maximum atomic E-state index is 11.8. The van der Waals surface area contributed by atoms with Crippen LogP contribution in [0.25, 0.3) is 0 Å². The monoisotopic (exact) mass is 370 g/mol. The van der Waals surface area contributed by atoms with Crippen LogP contribution in [-0.4, -0.2) is 35.1 Å². The van der Waals surface area contributed by atoms with E-state index in [4.69, 9.17) is 4.74 Å². The number of carbonyl (C=O) groups excluding carboxylic acids is 1. The molecule has 27 heavy (non-hydrogen) atoms. The van der Waals surface area contributed by atoms with Gasteiger partial charge in [-0.2, -0.15) is 0 Å². The summed E-state index contributed by atoms with van der Waals surface area (Å²) in [5.74, 6) is 0.974. The molecule has 2 aromatic rings. The smallest absolute Gasteiger partial charge is 0.406 e. The highest BCUT2D eigenvalue weighted by molar-refractivity contribution is 5.70. The van der Waals surface area contributed by atoms with E-state index in [-0.39, 0.29) is 6.04 Å². The summed E-state index contributed by atoms with van der Waals surface area (Å²) >= 11 is 0. The number of hydrogen-bond acceptors (Lipinski definition) is 5. The number of benzene rings is 1. The fourth-order valence-corrected chi connectivity index (χ4v) is 2.86. The normalized spacial score (nSPS) is 11.7. The van der Waals surface area contributed by atoms with Gasteiger partial charge in [-0.25, -0.2) is 14.8 Å². The molecule has 1 amide bonds. The van der Waals surface area contributed by atoms with Gasteiger partial charge in [0.25, 0.3) is 0 Å². The van der Waals surface area contributed by atoms with Crippen molar-refractivity contribution < 1.29 is 9.53 Å². The molecule has 6 nitrogen and oxygen atoms in total. The number of aromatic nitrogens is 2. The van der Waals surface area contributed by atoms with Gasteiger partial charge >= 0.3 is 6.09 Å². The quantitative estimate of drug-likeness (QED) is 0.670. The van der Waals surface area contributed by atoms with E-state index in [0.717, 1.165) is 12.8 Å². The van der Waals surface area contributed by atoms with Gasteiger partial charge < -0.3 is 15.0 Å². The van der Waals surface area contributed by atoms with Crippen LogP contribution in [0.1, 0.15) is 55.6 Å². The molecule has 0 saturated heterocycles. The number of hydrogen-bond donors (Lipinski definition) is 1. The number of unbranched alkanes of at least 4 members (excludes halogenated alkanes) is 2. The Bertz CT molecular complexity index is 724. The molecule has 0 radical (unpaired) electrons. The van der Waals surface area contributed by atoms with Crippen LogP contribution in [0.2, 0.25) is 0 Å². The second-order valence-corrected chi connectivity index (χ2v) is 6.91. The first kappa shape index (κ1) is 20.7. The van der Waals surface area contributed by atoms with Crippen molar-refractivity contribution in [3.05, 3.63) is 47.3 Å². The summed E-state index contributed by atoms with van der Waals surface area (Å²) in [4.78, 5) is 22.3. The van der Waals surface area contributed by atoms with E-state index in [0.29, 0.717) is 23.1 Å². The molecule has 0 bridgehead atoms. The van der Waals surface area contributed by atoms with Gasteiger partial charge in [0.05, 0.1) is 17.4 Å². The Morgan fingerprint density at radius 3 is 2.30 bits per heavy atom. The fraction of sp³-hybridized carbons (Fsp3) is 0.476. The molecule has 1 aromatic carbocycles. The number of anilines is 1. The Hall–Kier alpha value is -2.63. The largest absolute Gasteiger partial charge is 0.414 e. The molecule has 1 atom stereocenters. The summed E-state index contributed by atoms with van der Waals surface area (Å²) in [6, 6.07) is 10.5. The van der Waals surface area contributed by atoms with Crippen molar-refractivity contribution >= 4 is 12.0 Å². The van der Waals surface area contributed by atoms with Crippen molar-refractivity contribution in [3.8, 4) is 5.75 Å². The molecule has 6 heteroatoms. The number of carbonyl (C=O) groups is 1. The molecule has 0 aliphatic heterocycles. The molecule has 0 spiro atoms. The van der Waals surface area contributed by atoms with Gasteiger partial charge in [0.2, 0.25) is 5.95 Å². The van der Waals surface area contributed by atoms with Crippen LogP contribution in [0.5, 0.6) is 5.75 Å². The van der Waals surface area contributed by atoms with Crippen molar-refractivity contribution in [1.82, 2.24) is 14.9 Å². The van der Waals surface area contributed by atoms with Gasteiger partial charge in [0.15, 0.2) is 5.75 Å². The lowest BCUT2D eigenvalue weighted by Crippen LogP contribution is -2.26. The molecule has 1 N–H and O–H groups in total. The van der Waals surface area contributed by atoms with Gasteiger partial charge in [-0.3, -0.25) is 0 Å². The third-order valence-electron chi connectivity index (χ3n) is 4.36. The molecule has 1 aromatic heterocycles. The predicted octanol–water partition coefficient (Wildman–Crippen LogP) is 4.89. The van der Waals surface area contributed by atoms with Crippen LogP contribution < -0.4 is 10.1 Å². The lowest BCUT2D eigenvalue weighted by molar-refractivity contribution is 0.171. The second kappa shape index (κ2) is 9.90. The van der Waals surface area contributed by atoms with Crippen molar-refractivity contribution in [2.24, 2.45) is 0 Å². The Kier molecular flexibility index (Phi) is 7.58. The zero-order valence-electron chi connectivity index (χ0n) is 17.0. The number of rotatable bonds is 8. The van der Waals surface area contributed by atoms with Crippen molar-refractivity contribution in [3.63, 3.8) is 0 Å². The van der Waals surface area contributed by atoms with Crippen molar-refractivity contribution in [1.29, 1.82) is 0 Å². The number of ether oxygens (including phenoxy) is 1. The average molecular weight is 370 g/mol. The first-order valence-corrected chi connectivity index (χ1v) is 9.48. The summed E-state index contributed by atoms with van der Waals surface area (Å²) < 4.78 is 5.40. The van der Waals surface area contributed by atoms with E-state index in [1.54, 1.807) is 14.1 Å². The minimum atomic E-state index is -0.438. The van der Waals surface area contributed by atoms with Crippen LogP contribution in [-0.2, 0) is 0 Å². The summed E-state index contributed by atoms with van der Waals surface area (Å²) in [5, 5.41) is 3.47. The van der Waals surface area contributed by atoms with E-state index in [2.05, 4.69) is 34.3 Å². The summed E-state index contributed by atoms with van der Waals surface area (Å²) in [6.45, 7) is 5.86. The Labute approximate surface area is 162 Å². The second-order valence-electron chi connectivity index (χ2n) is 6.91. The highest BCUT2D eigenvalue weighted by atomic mass is 16.6. The Morgan fingerprint density at radius 2 is 1.74 bits per heavy atom. The fourth-order valence-electron chi connectivity index (χ4n) is 2.86. The molecular formula is C21H30N4O2. The van der Waals surface area contributed by atoms with Gasteiger partial charge in [-0.15, -0.1) is 0 Å². The molecule has 146 valence electrons. The average Bonchev–Trinajstić information content (AvgIpc) is 2.64. The summed E-state index contributed by atoms with van der Waals surface area (Å²) in [5.41, 5.74) is 2.50. The van der Waals surface area contributed by atoms with Gasteiger partial charge in [-0.1, -0.05) is 56.5 Å². The van der Waals surface area contributed by atoms with E-state index >= 15 is 0 Å². The first-order valence-electron chi connectivity index (χ1n) is 9.48. The number of amides is 1. The van der Waals surface area contributed by atoms with E-state index in [1.165, 1.54) is 23.3 Å². The van der Waals surface area contributed by atoms with Crippen molar-refractivity contribution in [2.45, 2.75) is 52.5 Å². The zero-order chi connectivity index (χ0) is 19.8. The number of nitrogens with one attached hydrogen (secondary N) is 1. The highest BCUT2D eigenvalue weighted by Crippen LogP contribution is 2.26. The molecule has 1 heterocycles. The van der Waals surface area contributed by atoms with Crippen LogP contribution >= 0.6 is 0 Å². The van der Waals surface area contributed by atoms with Crippen molar-refractivity contribution in [2.75, 3.05) is 19.4 Å². The van der Waals surface area contributed by atoms with Crippen LogP contribution in [0.3, 0.4) is 0 Å². The summed E-state index contributed by atoms with van der Waals surface area (Å²) in [7, 11) is 3.29. The van der Waals surface area contributed by atoms with E-state index in [1.807, 2.05) is 32.0 Å². The lowest BCUT2D eigenvalue weighted by Gasteiger charge is -2.20. The van der Waals surface area contributed by atoms with Crippen LogP contribution in [0, 0.1) is 13.8 Å². The predicted molar refractivity (Wildman–Crippen MR) is 108 cm³/mol. The Morgan fingerprint density at radius 1 is 1.11 bits per heavy atom. The minimum absolute atomic E-state index is 0.145. The zero-order valence-corrected chi connectivity index (χ0v) is 17.0. The minimum Gasteiger partial charge on any atom is -0.406 e. The SMILES string of the molecule is CCCCCC(Nc1nc(C)c(OC(=O)N(C)C)c(C)n1)c1ccccc1. The first-order chi connectivity index (χ1) is 12.9. The Balaban J connectivity index is 2.20. The molecular weight excluding hydrogens is 340 g/mol. The molecule has 1 unspecified atom stereocenters. The van der Waals surface area contributed by atoms with Crippen LogP contribution in [0.15, 0.2) is 30.3 Å². The van der Waals surface area contributed by atoms with Gasteiger partial charge in [0, 0.05) is 14.1 Å². The van der Waals surface area contributed by atoms with Crippen LogP contribution in [0.4, 0.5) is 10.7 Å². The van der Waals surface area contributed by atoms with Gasteiger partial charge in [-0.05, 0) is 25.8 Å². The molecule has 0 fully saturated rings. The molecule has 0 saturated carbocycles. The topological polar surface area (TPSA) is 67.4 Å². The highest BCUT2D eigenvalue weighted by Gasteiger charge is 2.17. The lowest BCUT2D eigenvalue weighted by atomic mass is 10.0. The molecule has 2 rings (SSSR count). The summed E-state index contributed by atoms with van der Waals surface area (Å²) in [6.07, 6.45) is 4.09. The number of aryl methyl sites for hydroxylation is 2. The molecule has 0 aliphatic carbocycles. The third-order valence-corrected chi connectivity index (χ3v) is 4.36. The maximum absolute atomic E-state index is 11.8.